The zero-order chi connectivity index (χ0) is 16.2. The van der Waals surface area contributed by atoms with Crippen molar-refractivity contribution in [2.24, 2.45) is 0 Å². The summed E-state index contributed by atoms with van der Waals surface area (Å²) >= 11 is 0. The van der Waals surface area contributed by atoms with Crippen molar-refractivity contribution in [1.82, 2.24) is 15.6 Å². The maximum Gasteiger partial charge on any atom is 0.315 e. The molecule has 0 saturated heterocycles. The summed E-state index contributed by atoms with van der Waals surface area (Å²) in [5.41, 5.74) is 0.824. The third kappa shape index (κ3) is 6.92. The van der Waals surface area contributed by atoms with Crippen molar-refractivity contribution >= 4 is 12.0 Å². The van der Waals surface area contributed by atoms with Gasteiger partial charge in [0.05, 0.1) is 13.7 Å². The van der Waals surface area contributed by atoms with Gasteiger partial charge in [-0.1, -0.05) is 6.07 Å². The third-order valence-corrected chi connectivity index (χ3v) is 2.89. The van der Waals surface area contributed by atoms with Crippen LogP contribution in [-0.4, -0.2) is 37.2 Å². The molecule has 1 heterocycles. The topological polar surface area (TPSA) is 89.5 Å². The highest BCUT2D eigenvalue weighted by Gasteiger charge is 2.06. The Morgan fingerprint density at radius 3 is 2.82 bits per heavy atom. The Bertz CT molecular complexity index is 480. The minimum Gasteiger partial charge on any atom is -0.478 e. The molecular formula is C15H23N3O4. The van der Waals surface area contributed by atoms with Crippen molar-refractivity contribution in [3.63, 3.8) is 0 Å². The number of carbonyl (C=O) groups excluding carboxylic acids is 2. The van der Waals surface area contributed by atoms with E-state index in [4.69, 9.17) is 4.74 Å². The van der Waals surface area contributed by atoms with Crippen LogP contribution in [0.5, 0.6) is 5.88 Å². The van der Waals surface area contributed by atoms with E-state index in [1.165, 1.54) is 7.11 Å². The highest BCUT2D eigenvalue weighted by molar-refractivity contribution is 5.73. The first-order valence-corrected chi connectivity index (χ1v) is 7.32. The van der Waals surface area contributed by atoms with Crippen molar-refractivity contribution in [1.29, 1.82) is 0 Å². The highest BCUT2D eigenvalue weighted by Crippen LogP contribution is 2.13. The lowest BCUT2D eigenvalue weighted by Crippen LogP contribution is -2.35. The summed E-state index contributed by atoms with van der Waals surface area (Å²) in [7, 11) is 1.36. The van der Waals surface area contributed by atoms with Gasteiger partial charge in [-0.05, 0) is 25.8 Å². The highest BCUT2D eigenvalue weighted by atomic mass is 16.5. The summed E-state index contributed by atoms with van der Waals surface area (Å²) in [6, 6.07) is 3.39. The summed E-state index contributed by atoms with van der Waals surface area (Å²) < 4.78 is 9.93. The molecule has 22 heavy (non-hydrogen) atoms. The van der Waals surface area contributed by atoms with E-state index >= 15 is 0 Å². The van der Waals surface area contributed by atoms with Gasteiger partial charge in [0.1, 0.15) is 0 Å². The Morgan fingerprint density at radius 2 is 2.09 bits per heavy atom. The molecule has 0 aromatic carbocycles. The van der Waals surface area contributed by atoms with Gasteiger partial charge in [0.25, 0.3) is 0 Å². The molecule has 0 aliphatic heterocycles. The van der Waals surface area contributed by atoms with Gasteiger partial charge in [0.2, 0.25) is 5.88 Å². The van der Waals surface area contributed by atoms with Crippen LogP contribution in [0, 0.1) is 0 Å². The van der Waals surface area contributed by atoms with Crippen molar-refractivity contribution in [2.45, 2.75) is 32.7 Å². The van der Waals surface area contributed by atoms with E-state index in [-0.39, 0.29) is 12.0 Å². The van der Waals surface area contributed by atoms with Crippen LogP contribution in [-0.2, 0) is 16.1 Å². The fourth-order valence-corrected chi connectivity index (χ4v) is 1.76. The second-order valence-corrected chi connectivity index (χ2v) is 4.54. The number of unbranched alkanes of at least 4 members (excludes halogenated alkanes) is 1. The van der Waals surface area contributed by atoms with Crippen LogP contribution < -0.4 is 15.4 Å². The van der Waals surface area contributed by atoms with Gasteiger partial charge >= 0.3 is 12.0 Å². The number of hydrogen-bond acceptors (Lipinski definition) is 5. The van der Waals surface area contributed by atoms with Gasteiger partial charge in [-0.3, -0.25) is 4.79 Å². The number of pyridine rings is 1. The molecule has 1 aromatic heterocycles. The number of ether oxygens (including phenoxy) is 2. The Hall–Kier alpha value is -2.31. The number of hydrogen-bond donors (Lipinski definition) is 2. The minimum absolute atomic E-state index is 0.232. The van der Waals surface area contributed by atoms with Gasteiger partial charge in [0.15, 0.2) is 0 Å². The molecule has 1 aromatic rings. The number of urea groups is 1. The lowest BCUT2D eigenvalue weighted by Gasteiger charge is -2.10. The van der Waals surface area contributed by atoms with Crippen molar-refractivity contribution < 1.29 is 19.1 Å². The molecule has 0 saturated carbocycles. The van der Waals surface area contributed by atoms with Crippen molar-refractivity contribution in [2.75, 3.05) is 20.3 Å². The van der Waals surface area contributed by atoms with Gasteiger partial charge < -0.3 is 20.1 Å². The second-order valence-electron chi connectivity index (χ2n) is 4.54. The molecular weight excluding hydrogens is 286 g/mol. The predicted molar refractivity (Wildman–Crippen MR) is 81.5 cm³/mol. The fraction of sp³-hybridized carbons (Fsp3) is 0.533. The van der Waals surface area contributed by atoms with E-state index in [9.17, 15) is 9.59 Å². The summed E-state index contributed by atoms with van der Waals surface area (Å²) in [5, 5.41) is 5.48. The van der Waals surface area contributed by atoms with Gasteiger partial charge in [-0.25, -0.2) is 9.78 Å². The van der Waals surface area contributed by atoms with Crippen molar-refractivity contribution in [3.8, 4) is 5.88 Å². The number of esters is 1. The quantitative estimate of drug-likeness (QED) is 0.534. The first-order chi connectivity index (χ1) is 10.7. The summed E-state index contributed by atoms with van der Waals surface area (Å²) in [6.07, 6.45) is 3.42. The lowest BCUT2D eigenvalue weighted by atomic mass is 10.2. The zero-order valence-electron chi connectivity index (χ0n) is 13.1. The van der Waals surface area contributed by atoms with E-state index in [2.05, 4.69) is 20.4 Å². The molecule has 0 radical (unpaired) electrons. The first-order valence-electron chi connectivity index (χ1n) is 7.32. The number of nitrogens with one attached hydrogen (secondary N) is 2. The Balaban J connectivity index is 2.22. The van der Waals surface area contributed by atoms with Crippen LogP contribution in [0.2, 0.25) is 0 Å². The molecule has 7 heteroatoms. The zero-order valence-corrected chi connectivity index (χ0v) is 13.1. The molecule has 0 aliphatic rings. The van der Waals surface area contributed by atoms with Crippen LogP contribution in [0.4, 0.5) is 4.79 Å². The smallest absolute Gasteiger partial charge is 0.315 e. The third-order valence-electron chi connectivity index (χ3n) is 2.89. The van der Waals surface area contributed by atoms with Crippen molar-refractivity contribution in [3.05, 3.63) is 23.9 Å². The molecule has 0 unspecified atom stereocenters. The largest absolute Gasteiger partial charge is 0.478 e. The van der Waals surface area contributed by atoms with E-state index in [1.807, 2.05) is 13.0 Å². The van der Waals surface area contributed by atoms with E-state index in [0.717, 1.165) is 12.0 Å². The van der Waals surface area contributed by atoms with E-state index < -0.39 is 0 Å². The number of nitrogens with zero attached hydrogens (tertiary/aromatic N) is 1. The number of rotatable bonds is 9. The monoisotopic (exact) mass is 309 g/mol. The molecule has 0 bridgehead atoms. The van der Waals surface area contributed by atoms with E-state index in [1.54, 1.807) is 12.3 Å². The molecule has 7 nitrogen and oxygen atoms in total. The van der Waals surface area contributed by atoms with Crippen LogP contribution >= 0.6 is 0 Å². The maximum absolute atomic E-state index is 11.7. The summed E-state index contributed by atoms with van der Waals surface area (Å²) in [4.78, 5) is 26.7. The predicted octanol–water partition coefficient (Wildman–Crippen LogP) is 1.62. The number of amides is 2. The van der Waals surface area contributed by atoms with Gasteiger partial charge in [0, 0.05) is 31.3 Å². The number of aromatic nitrogens is 1. The summed E-state index contributed by atoms with van der Waals surface area (Å²) in [5.74, 6) is 0.299. The normalized spacial score (nSPS) is 9.91. The molecule has 0 atom stereocenters. The lowest BCUT2D eigenvalue weighted by molar-refractivity contribution is -0.140. The first kappa shape index (κ1) is 17.7. The number of carbonyl (C=O) groups is 2. The molecule has 122 valence electrons. The molecule has 0 spiro atoms. The van der Waals surface area contributed by atoms with Gasteiger partial charge in [-0.2, -0.15) is 0 Å². The number of methoxy groups -OCH3 is 1. The average molecular weight is 309 g/mol. The molecule has 1 rings (SSSR count). The molecule has 2 amide bonds. The second kappa shape index (κ2) is 10.4. The van der Waals surface area contributed by atoms with E-state index in [0.29, 0.717) is 38.4 Å². The Kier molecular flexibility index (Phi) is 8.40. The summed E-state index contributed by atoms with van der Waals surface area (Å²) in [6.45, 7) is 3.26. The standard InChI is InChI=1S/C15H23N3O4/c1-3-22-14-12(7-6-10-16-14)11-18-15(20)17-9-5-4-8-13(19)21-2/h6-7,10H,3-5,8-9,11H2,1-2H3,(H2,17,18,20). The molecule has 2 N–H and O–H groups in total. The molecule has 0 fully saturated rings. The van der Waals surface area contributed by atoms with Crippen LogP contribution in [0.3, 0.4) is 0 Å². The van der Waals surface area contributed by atoms with Crippen LogP contribution in [0.1, 0.15) is 31.7 Å². The Labute approximate surface area is 130 Å². The fourth-order valence-electron chi connectivity index (χ4n) is 1.76. The SMILES string of the molecule is CCOc1ncccc1CNC(=O)NCCCCC(=O)OC. The minimum atomic E-state index is -0.260. The Morgan fingerprint density at radius 1 is 1.27 bits per heavy atom. The molecule has 0 aliphatic carbocycles. The van der Waals surface area contributed by atoms with Gasteiger partial charge in [-0.15, -0.1) is 0 Å². The average Bonchev–Trinajstić information content (AvgIpc) is 2.53. The van der Waals surface area contributed by atoms with Crippen LogP contribution in [0.25, 0.3) is 0 Å². The maximum atomic E-state index is 11.7. The van der Waals surface area contributed by atoms with Crippen LogP contribution in [0.15, 0.2) is 18.3 Å².